The van der Waals surface area contributed by atoms with Gasteiger partial charge in [0.15, 0.2) is 0 Å². The molecule has 0 aliphatic carbocycles. The van der Waals surface area contributed by atoms with Crippen LogP contribution in [0.5, 0.6) is 0 Å². The summed E-state index contributed by atoms with van der Waals surface area (Å²) in [5, 5.41) is 6.39. The van der Waals surface area contributed by atoms with Crippen LogP contribution in [-0.2, 0) is 4.79 Å². The summed E-state index contributed by atoms with van der Waals surface area (Å²) in [4.78, 5) is 29.5. The number of rotatable bonds is 7. The molecule has 3 aromatic rings. The van der Waals surface area contributed by atoms with Crippen LogP contribution in [0.25, 0.3) is 11.0 Å². The summed E-state index contributed by atoms with van der Waals surface area (Å²) >= 11 is 0. The van der Waals surface area contributed by atoms with Crippen molar-refractivity contribution in [3.63, 3.8) is 0 Å². The highest BCUT2D eigenvalue weighted by molar-refractivity contribution is 5.96. The zero-order valence-corrected chi connectivity index (χ0v) is 17.7. The molecule has 154 valence electrons. The Balaban J connectivity index is 1.70. The van der Waals surface area contributed by atoms with Gasteiger partial charge >= 0.3 is 5.69 Å². The van der Waals surface area contributed by atoms with Crippen molar-refractivity contribution in [2.75, 3.05) is 5.32 Å². The number of fused-ring (bicyclic) bond motifs is 1. The molecule has 0 spiro atoms. The number of aromatic amines is 2. The van der Waals surface area contributed by atoms with Gasteiger partial charge in [-0.05, 0) is 48.1 Å². The Kier molecular flexibility index (Phi) is 6.23. The van der Waals surface area contributed by atoms with Crippen LogP contribution in [-0.4, -0.2) is 21.9 Å². The number of benzene rings is 2. The summed E-state index contributed by atoms with van der Waals surface area (Å²) in [5.41, 5.74) is 4.24. The number of imidazole rings is 1. The molecule has 4 N–H and O–H groups in total. The van der Waals surface area contributed by atoms with Crippen molar-refractivity contribution in [2.24, 2.45) is 5.92 Å². The molecule has 29 heavy (non-hydrogen) atoms. The number of nitrogens with one attached hydrogen (secondary N) is 4. The topological polar surface area (TPSA) is 89.8 Å². The standard InChI is InChI=1S/C23H30N4O2/c1-13(2)16-6-8-17(9-7-16)21(14(3)4)24-15(5)22(28)25-18-10-11-19-20(12-18)27-23(29)26-19/h6-15,21,24H,1-5H3,(H,25,28)(H2,26,27,29)/t15-,21-/m1/s1. The summed E-state index contributed by atoms with van der Waals surface area (Å²) < 4.78 is 0. The predicted octanol–water partition coefficient (Wildman–Crippen LogP) is 4.29. The van der Waals surface area contributed by atoms with Crippen molar-refractivity contribution in [3.8, 4) is 0 Å². The third-order valence-electron chi connectivity index (χ3n) is 5.24. The van der Waals surface area contributed by atoms with Gasteiger partial charge in [0.1, 0.15) is 0 Å². The lowest BCUT2D eigenvalue weighted by molar-refractivity contribution is -0.118. The Bertz CT molecular complexity index is 1030. The van der Waals surface area contributed by atoms with Gasteiger partial charge in [0.2, 0.25) is 5.91 Å². The molecule has 6 heteroatoms. The van der Waals surface area contributed by atoms with Gasteiger partial charge in [-0.2, -0.15) is 0 Å². The van der Waals surface area contributed by atoms with Gasteiger partial charge < -0.3 is 15.3 Å². The smallest absolute Gasteiger partial charge is 0.323 e. The van der Waals surface area contributed by atoms with E-state index in [0.717, 1.165) is 0 Å². The number of H-pyrrole nitrogens is 2. The molecule has 0 saturated carbocycles. The first-order valence-electron chi connectivity index (χ1n) is 10.1. The maximum atomic E-state index is 12.7. The van der Waals surface area contributed by atoms with Crippen LogP contribution in [0.4, 0.5) is 5.69 Å². The second-order valence-electron chi connectivity index (χ2n) is 8.26. The molecule has 6 nitrogen and oxygen atoms in total. The lowest BCUT2D eigenvalue weighted by atomic mass is 9.93. The summed E-state index contributed by atoms with van der Waals surface area (Å²) in [7, 11) is 0. The first kappa shape index (κ1) is 20.9. The molecule has 1 heterocycles. The Morgan fingerprint density at radius 1 is 0.862 bits per heavy atom. The van der Waals surface area contributed by atoms with Gasteiger partial charge in [0.25, 0.3) is 0 Å². The third kappa shape index (κ3) is 4.95. The van der Waals surface area contributed by atoms with Gasteiger partial charge in [-0.25, -0.2) is 4.79 Å². The highest BCUT2D eigenvalue weighted by atomic mass is 16.2. The van der Waals surface area contributed by atoms with E-state index >= 15 is 0 Å². The van der Waals surface area contributed by atoms with E-state index < -0.39 is 0 Å². The van der Waals surface area contributed by atoms with Gasteiger partial charge in [0, 0.05) is 11.7 Å². The first-order valence-corrected chi connectivity index (χ1v) is 10.1. The number of amides is 1. The summed E-state index contributed by atoms with van der Waals surface area (Å²) in [6, 6.07) is 13.6. The quantitative estimate of drug-likeness (QED) is 0.482. The molecular formula is C23H30N4O2. The number of aromatic nitrogens is 2. The Hall–Kier alpha value is -2.86. The molecule has 1 aromatic heterocycles. The van der Waals surface area contributed by atoms with E-state index in [-0.39, 0.29) is 23.7 Å². The van der Waals surface area contributed by atoms with Crippen molar-refractivity contribution >= 4 is 22.6 Å². The fourth-order valence-corrected chi connectivity index (χ4v) is 3.47. The van der Waals surface area contributed by atoms with Crippen molar-refractivity contribution in [2.45, 2.75) is 52.6 Å². The first-order chi connectivity index (χ1) is 13.7. The van der Waals surface area contributed by atoms with Gasteiger partial charge in [-0.3, -0.25) is 10.1 Å². The molecule has 2 atom stereocenters. The highest BCUT2D eigenvalue weighted by Gasteiger charge is 2.22. The lowest BCUT2D eigenvalue weighted by Gasteiger charge is -2.27. The van der Waals surface area contributed by atoms with Crippen molar-refractivity contribution in [3.05, 3.63) is 64.1 Å². The number of hydrogen-bond acceptors (Lipinski definition) is 3. The van der Waals surface area contributed by atoms with E-state index in [1.807, 2.05) is 6.92 Å². The molecule has 0 aliphatic heterocycles. The number of anilines is 1. The molecule has 0 bridgehead atoms. The highest BCUT2D eigenvalue weighted by Crippen LogP contribution is 2.25. The van der Waals surface area contributed by atoms with Crippen LogP contribution in [0, 0.1) is 5.92 Å². The minimum atomic E-state index is -0.381. The van der Waals surface area contributed by atoms with E-state index in [1.165, 1.54) is 11.1 Å². The summed E-state index contributed by atoms with van der Waals surface area (Å²) in [6.07, 6.45) is 0. The monoisotopic (exact) mass is 394 g/mol. The number of hydrogen-bond donors (Lipinski definition) is 4. The third-order valence-corrected chi connectivity index (χ3v) is 5.24. The van der Waals surface area contributed by atoms with Gasteiger partial charge in [0.05, 0.1) is 17.1 Å². The van der Waals surface area contributed by atoms with Crippen LogP contribution < -0.4 is 16.3 Å². The van der Waals surface area contributed by atoms with E-state index in [4.69, 9.17) is 0 Å². The number of carbonyl (C=O) groups is 1. The zero-order chi connectivity index (χ0) is 21.1. The van der Waals surface area contributed by atoms with E-state index in [2.05, 4.69) is 72.6 Å². The largest absolute Gasteiger partial charge is 0.325 e. The average Bonchev–Trinajstić information content (AvgIpc) is 3.05. The molecule has 2 aromatic carbocycles. The van der Waals surface area contributed by atoms with Crippen molar-refractivity contribution in [1.82, 2.24) is 15.3 Å². The van der Waals surface area contributed by atoms with Crippen molar-refractivity contribution in [1.29, 1.82) is 0 Å². The maximum Gasteiger partial charge on any atom is 0.323 e. The SMILES string of the molecule is CC(C)c1ccc([C@H](N[C@H](C)C(=O)Nc2ccc3[nH]c(=O)[nH]c3c2)C(C)C)cc1. The second kappa shape index (κ2) is 8.66. The van der Waals surface area contributed by atoms with Gasteiger partial charge in [-0.15, -0.1) is 0 Å². The van der Waals surface area contributed by atoms with Crippen LogP contribution in [0.3, 0.4) is 0 Å². The van der Waals surface area contributed by atoms with Crippen molar-refractivity contribution < 1.29 is 4.79 Å². The molecule has 0 saturated heterocycles. The Labute approximate surface area is 171 Å². The fraction of sp³-hybridized carbons (Fsp3) is 0.391. The molecule has 0 aliphatic rings. The molecule has 3 rings (SSSR count). The minimum Gasteiger partial charge on any atom is -0.325 e. The Morgan fingerprint density at radius 2 is 1.48 bits per heavy atom. The van der Waals surface area contributed by atoms with Crippen LogP contribution in [0.1, 0.15) is 57.7 Å². The zero-order valence-electron chi connectivity index (χ0n) is 17.7. The average molecular weight is 395 g/mol. The van der Waals surface area contributed by atoms with E-state index in [9.17, 15) is 9.59 Å². The van der Waals surface area contributed by atoms with E-state index in [0.29, 0.717) is 28.6 Å². The Morgan fingerprint density at radius 3 is 2.10 bits per heavy atom. The van der Waals surface area contributed by atoms with E-state index in [1.54, 1.807) is 18.2 Å². The summed E-state index contributed by atoms with van der Waals surface area (Å²) in [6.45, 7) is 10.5. The van der Waals surface area contributed by atoms with Crippen LogP contribution >= 0.6 is 0 Å². The van der Waals surface area contributed by atoms with Crippen LogP contribution in [0.2, 0.25) is 0 Å². The normalized spacial score (nSPS) is 13.8. The van der Waals surface area contributed by atoms with Gasteiger partial charge in [-0.1, -0.05) is 52.0 Å². The lowest BCUT2D eigenvalue weighted by Crippen LogP contribution is -2.41. The maximum absolute atomic E-state index is 12.7. The molecule has 0 radical (unpaired) electrons. The van der Waals surface area contributed by atoms with Crippen LogP contribution in [0.15, 0.2) is 47.3 Å². The molecule has 0 fully saturated rings. The number of carbonyl (C=O) groups excluding carboxylic acids is 1. The molecule has 0 unspecified atom stereocenters. The molecule has 1 amide bonds. The second-order valence-corrected chi connectivity index (χ2v) is 8.26. The summed E-state index contributed by atoms with van der Waals surface area (Å²) in [5.74, 6) is 0.703. The predicted molar refractivity (Wildman–Crippen MR) is 118 cm³/mol. The minimum absolute atomic E-state index is 0.0699. The molecular weight excluding hydrogens is 364 g/mol. The fourth-order valence-electron chi connectivity index (χ4n) is 3.47.